The summed E-state index contributed by atoms with van der Waals surface area (Å²) >= 11 is 0. The lowest BCUT2D eigenvalue weighted by Crippen LogP contribution is -2.32. The van der Waals surface area contributed by atoms with Gasteiger partial charge in [-0.15, -0.1) is 0 Å². The lowest BCUT2D eigenvalue weighted by atomic mass is 10.2. The Balaban J connectivity index is 3.88. The van der Waals surface area contributed by atoms with Crippen LogP contribution in [0.3, 0.4) is 0 Å². The minimum absolute atomic E-state index is 0.364. The van der Waals surface area contributed by atoms with Gasteiger partial charge in [-0.1, -0.05) is 38.8 Å². The Kier molecular flexibility index (Phi) is 14.3. The van der Waals surface area contributed by atoms with E-state index in [1.54, 1.807) is 13.8 Å². The molecule has 0 saturated heterocycles. The molecule has 0 aliphatic rings. The number of unbranched alkanes of at least 4 members (excludes halogenated alkanes) is 6. The summed E-state index contributed by atoms with van der Waals surface area (Å²) in [6.45, 7) is 12.0. The smallest absolute Gasteiger partial charge is 0.333 e. The third-order valence-corrected chi connectivity index (χ3v) is 5.54. The molecule has 0 aromatic carbocycles. The van der Waals surface area contributed by atoms with E-state index in [9.17, 15) is 18.0 Å². The van der Waals surface area contributed by atoms with Gasteiger partial charge in [0.1, 0.15) is 0 Å². The van der Waals surface area contributed by atoms with Crippen molar-refractivity contribution in [1.82, 2.24) is 4.31 Å². The number of hydrogen-bond acceptors (Lipinski definition) is 6. The Bertz CT molecular complexity index is 602. The lowest BCUT2D eigenvalue weighted by Gasteiger charge is -2.19. The highest BCUT2D eigenvalue weighted by atomic mass is 32.2. The van der Waals surface area contributed by atoms with E-state index in [2.05, 4.69) is 13.2 Å². The van der Waals surface area contributed by atoms with Gasteiger partial charge in [0.2, 0.25) is 10.0 Å². The van der Waals surface area contributed by atoms with Crippen molar-refractivity contribution in [2.75, 3.05) is 32.6 Å². The second-order valence-corrected chi connectivity index (χ2v) is 9.31. The van der Waals surface area contributed by atoms with E-state index in [1.165, 1.54) is 10.6 Å². The van der Waals surface area contributed by atoms with Crippen molar-refractivity contribution in [3.63, 3.8) is 0 Å². The van der Waals surface area contributed by atoms with Crippen molar-refractivity contribution in [2.45, 2.75) is 65.2 Å². The number of sulfonamides is 1. The second-order valence-electron chi connectivity index (χ2n) is 7.32. The zero-order chi connectivity index (χ0) is 22.3. The molecule has 0 aromatic heterocycles. The summed E-state index contributed by atoms with van der Waals surface area (Å²) in [6, 6.07) is 0. The SMILES string of the molecule is C=C(C)C(=O)OCCCCCCN(CCCCCCOC(=O)C(=C)C)S(C)(=O)=O. The molecular formula is C21H37NO6S. The first kappa shape index (κ1) is 27.3. The van der Waals surface area contributed by atoms with Gasteiger partial charge in [-0.25, -0.2) is 22.3 Å². The topological polar surface area (TPSA) is 90.0 Å². The van der Waals surface area contributed by atoms with Gasteiger partial charge in [0.25, 0.3) is 0 Å². The van der Waals surface area contributed by atoms with Crippen LogP contribution >= 0.6 is 0 Å². The standard InChI is InChI=1S/C21H37NO6S/c1-18(2)20(23)27-16-12-8-6-10-14-22(29(5,25)26)15-11-7-9-13-17-28-21(24)19(3)4/h1,3,6-17H2,2,4-5H3. The first-order valence-electron chi connectivity index (χ1n) is 10.2. The van der Waals surface area contributed by atoms with Gasteiger partial charge in [0, 0.05) is 24.2 Å². The molecule has 0 amide bonds. The van der Waals surface area contributed by atoms with Crippen molar-refractivity contribution in [3.05, 3.63) is 24.3 Å². The molecular weight excluding hydrogens is 394 g/mol. The minimum atomic E-state index is -3.23. The van der Waals surface area contributed by atoms with Gasteiger partial charge >= 0.3 is 11.9 Å². The predicted octanol–water partition coefficient (Wildman–Crippen LogP) is 3.61. The number of esters is 2. The van der Waals surface area contributed by atoms with E-state index < -0.39 is 10.0 Å². The largest absolute Gasteiger partial charge is 0.462 e. The Morgan fingerprint density at radius 3 is 1.38 bits per heavy atom. The molecule has 8 heteroatoms. The quantitative estimate of drug-likeness (QED) is 0.199. The van der Waals surface area contributed by atoms with E-state index in [0.29, 0.717) is 37.4 Å². The van der Waals surface area contributed by atoms with E-state index in [4.69, 9.17) is 9.47 Å². The van der Waals surface area contributed by atoms with E-state index in [1.807, 2.05) is 0 Å². The Labute approximate surface area is 176 Å². The average Bonchev–Trinajstić information content (AvgIpc) is 2.62. The summed E-state index contributed by atoms with van der Waals surface area (Å²) < 4.78 is 35.4. The second kappa shape index (κ2) is 15.2. The molecule has 0 bridgehead atoms. The first-order chi connectivity index (χ1) is 13.6. The van der Waals surface area contributed by atoms with Crippen LogP contribution < -0.4 is 0 Å². The van der Waals surface area contributed by atoms with Crippen LogP contribution in [0, 0.1) is 0 Å². The van der Waals surface area contributed by atoms with E-state index in [0.717, 1.165) is 51.4 Å². The number of carbonyl (C=O) groups is 2. The first-order valence-corrected chi connectivity index (χ1v) is 12.0. The number of nitrogens with zero attached hydrogens (tertiary/aromatic N) is 1. The minimum Gasteiger partial charge on any atom is -0.462 e. The molecule has 168 valence electrons. The highest BCUT2D eigenvalue weighted by Crippen LogP contribution is 2.09. The summed E-state index contributed by atoms with van der Waals surface area (Å²) in [6.07, 6.45) is 7.82. The highest BCUT2D eigenvalue weighted by molar-refractivity contribution is 7.88. The van der Waals surface area contributed by atoms with Gasteiger partial charge in [-0.3, -0.25) is 0 Å². The van der Waals surface area contributed by atoms with Crippen LogP contribution in [0.15, 0.2) is 24.3 Å². The third kappa shape index (κ3) is 14.9. The van der Waals surface area contributed by atoms with Crippen LogP contribution in [0.1, 0.15) is 65.2 Å². The normalized spacial score (nSPS) is 11.3. The summed E-state index contributed by atoms with van der Waals surface area (Å²) in [5.74, 6) is -0.746. The van der Waals surface area contributed by atoms with Crippen LogP contribution in [0.2, 0.25) is 0 Å². The molecule has 0 fully saturated rings. The van der Waals surface area contributed by atoms with Gasteiger partial charge < -0.3 is 9.47 Å². The van der Waals surface area contributed by atoms with Crippen molar-refractivity contribution in [3.8, 4) is 0 Å². The maximum Gasteiger partial charge on any atom is 0.333 e. The number of hydrogen-bond donors (Lipinski definition) is 0. The molecule has 0 atom stereocenters. The third-order valence-electron chi connectivity index (χ3n) is 4.24. The molecule has 29 heavy (non-hydrogen) atoms. The maximum absolute atomic E-state index is 11.9. The van der Waals surface area contributed by atoms with Crippen molar-refractivity contribution in [2.24, 2.45) is 0 Å². The Morgan fingerprint density at radius 2 is 1.07 bits per heavy atom. The molecule has 7 nitrogen and oxygen atoms in total. The van der Waals surface area contributed by atoms with Crippen LogP contribution in [-0.4, -0.2) is 57.2 Å². The van der Waals surface area contributed by atoms with Crippen molar-refractivity contribution in [1.29, 1.82) is 0 Å². The molecule has 0 unspecified atom stereocenters. The van der Waals surface area contributed by atoms with Crippen LogP contribution in [-0.2, 0) is 29.1 Å². The summed E-state index contributed by atoms with van der Waals surface area (Å²) in [4.78, 5) is 22.5. The number of carbonyl (C=O) groups excluding carboxylic acids is 2. The summed E-state index contributed by atoms with van der Waals surface area (Å²) in [5, 5.41) is 0. The lowest BCUT2D eigenvalue weighted by molar-refractivity contribution is -0.139. The highest BCUT2D eigenvalue weighted by Gasteiger charge is 2.15. The predicted molar refractivity (Wildman–Crippen MR) is 115 cm³/mol. The molecule has 0 aliphatic heterocycles. The van der Waals surface area contributed by atoms with Crippen LogP contribution in [0.25, 0.3) is 0 Å². The molecule has 0 saturated carbocycles. The van der Waals surface area contributed by atoms with E-state index >= 15 is 0 Å². The molecule has 0 N–H and O–H groups in total. The van der Waals surface area contributed by atoms with Crippen molar-refractivity contribution >= 4 is 22.0 Å². The average molecular weight is 432 g/mol. The molecule has 0 spiro atoms. The van der Waals surface area contributed by atoms with Gasteiger partial charge in [0.15, 0.2) is 0 Å². The fourth-order valence-electron chi connectivity index (χ4n) is 2.51. The summed E-state index contributed by atoms with van der Waals surface area (Å²) in [7, 11) is -3.23. The Morgan fingerprint density at radius 1 is 0.724 bits per heavy atom. The molecule has 0 rings (SSSR count). The fraction of sp³-hybridized carbons (Fsp3) is 0.714. The maximum atomic E-state index is 11.9. The monoisotopic (exact) mass is 431 g/mol. The van der Waals surface area contributed by atoms with Gasteiger partial charge in [-0.05, 0) is 39.5 Å². The molecule has 0 aromatic rings. The molecule has 0 heterocycles. The molecule has 0 aliphatic carbocycles. The van der Waals surface area contributed by atoms with Gasteiger partial charge in [0.05, 0.1) is 19.5 Å². The van der Waals surface area contributed by atoms with Crippen LogP contribution in [0.5, 0.6) is 0 Å². The zero-order valence-corrected chi connectivity index (χ0v) is 19.0. The fourth-order valence-corrected chi connectivity index (χ4v) is 3.43. The zero-order valence-electron chi connectivity index (χ0n) is 18.2. The van der Waals surface area contributed by atoms with Crippen LogP contribution in [0.4, 0.5) is 0 Å². The molecule has 0 radical (unpaired) electrons. The summed E-state index contributed by atoms with van der Waals surface area (Å²) in [5.41, 5.74) is 0.781. The number of rotatable bonds is 17. The van der Waals surface area contributed by atoms with Gasteiger partial charge in [-0.2, -0.15) is 0 Å². The number of ether oxygens (including phenoxy) is 2. The van der Waals surface area contributed by atoms with Crippen molar-refractivity contribution < 1.29 is 27.5 Å². The van der Waals surface area contributed by atoms with E-state index in [-0.39, 0.29) is 11.9 Å². The Hall–Kier alpha value is -1.67.